The maximum absolute atomic E-state index is 5.27. The fourth-order valence-corrected chi connectivity index (χ4v) is 2.02. The highest BCUT2D eigenvalue weighted by Gasteiger charge is 2.15. The Kier molecular flexibility index (Phi) is 4.41. The molecule has 1 rings (SSSR count). The molecule has 0 aliphatic carbocycles. The molecule has 3 heteroatoms. The number of ether oxygens (including phenoxy) is 1. The molecule has 0 bridgehead atoms. The quantitative estimate of drug-likeness (QED) is 0.671. The second kappa shape index (κ2) is 5.12. The Morgan fingerprint density at radius 1 is 1.45 bits per heavy atom. The van der Waals surface area contributed by atoms with Gasteiger partial charge in [-0.15, -0.1) is 0 Å². The highest BCUT2D eigenvalue weighted by Crippen LogP contribution is 2.07. The van der Waals surface area contributed by atoms with Crippen LogP contribution in [-0.4, -0.2) is 42.6 Å². The SMILES string of the molecule is CC(CCBr)N1CCOCC1. The van der Waals surface area contributed by atoms with Crippen molar-refractivity contribution in [3.63, 3.8) is 0 Å². The zero-order chi connectivity index (χ0) is 8.10. The zero-order valence-electron chi connectivity index (χ0n) is 7.05. The summed E-state index contributed by atoms with van der Waals surface area (Å²) >= 11 is 3.46. The Bertz CT molecular complexity index is 104. The number of hydrogen-bond acceptors (Lipinski definition) is 2. The number of alkyl halides is 1. The minimum Gasteiger partial charge on any atom is -0.379 e. The first-order chi connectivity index (χ1) is 5.34. The molecule has 0 saturated carbocycles. The zero-order valence-corrected chi connectivity index (χ0v) is 8.64. The summed E-state index contributed by atoms with van der Waals surface area (Å²) in [4.78, 5) is 2.49. The van der Waals surface area contributed by atoms with Crippen molar-refractivity contribution in [2.45, 2.75) is 19.4 Å². The Morgan fingerprint density at radius 3 is 2.64 bits per heavy atom. The maximum Gasteiger partial charge on any atom is 0.0594 e. The van der Waals surface area contributed by atoms with E-state index in [0.29, 0.717) is 6.04 Å². The van der Waals surface area contributed by atoms with Gasteiger partial charge < -0.3 is 4.74 Å². The van der Waals surface area contributed by atoms with E-state index in [9.17, 15) is 0 Å². The number of nitrogens with zero attached hydrogens (tertiary/aromatic N) is 1. The van der Waals surface area contributed by atoms with Crippen LogP contribution in [0, 0.1) is 0 Å². The fraction of sp³-hybridized carbons (Fsp3) is 1.00. The summed E-state index contributed by atoms with van der Waals surface area (Å²) in [6, 6.07) is 0.707. The van der Waals surface area contributed by atoms with Crippen LogP contribution in [-0.2, 0) is 4.74 Å². The molecule has 11 heavy (non-hydrogen) atoms. The van der Waals surface area contributed by atoms with Crippen molar-refractivity contribution in [2.24, 2.45) is 0 Å². The van der Waals surface area contributed by atoms with Gasteiger partial charge in [0.15, 0.2) is 0 Å². The van der Waals surface area contributed by atoms with Crippen LogP contribution in [0.4, 0.5) is 0 Å². The Balaban J connectivity index is 2.21. The van der Waals surface area contributed by atoms with Crippen LogP contribution in [0.2, 0.25) is 0 Å². The molecule has 0 aromatic heterocycles. The van der Waals surface area contributed by atoms with Crippen molar-refractivity contribution in [3.05, 3.63) is 0 Å². The average molecular weight is 222 g/mol. The van der Waals surface area contributed by atoms with Gasteiger partial charge in [0, 0.05) is 24.5 Å². The summed E-state index contributed by atoms with van der Waals surface area (Å²) in [7, 11) is 0. The van der Waals surface area contributed by atoms with Gasteiger partial charge in [-0.3, -0.25) is 4.90 Å². The van der Waals surface area contributed by atoms with Crippen molar-refractivity contribution in [3.8, 4) is 0 Å². The van der Waals surface area contributed by atoms with Crippen LogP contribution in [0.15, 0.2) is 0 Å². The molecular formula is C8H16BrNO. The van der Waals surface area contributed by atoms with Crippen LogP contribution >= 0.6 is 15.9 Å². The van der Waals surface area contributed by atoms with E-state index in [4.69, 9.17) is 4.74 Å². The summed E-state index contributed by atoms with van der Waals surface area (Å²) in [6.45, 7) is 6.31. The Morgan fingerprint density at radius 2 is 2.09 bits per heavy atom. The monoisotopic (exact) mass is 221 g/mol. The van der Waals surface area contributed by atoms with Crippen LogP contribution < -0.4 is 0 Å². The first kappa shape index (κ1) is 9.49. The molecule has 1 atom stereocenters. The van der Waals surface area contributed by atoms with Crippen molar-refractivity contribution in [2.75, 3.05) is 31.6 Å². The summed E-state index contributed by atoms with van der Waals surface area (Å²) in [6.07, 6.45) is 1.24. The highest BCUT2D eigenvalue weighted by atomic mass is 79.9. The standard InChI is InChI=1S/C8H16BrNO/c1-8(2-3-9)10-4-6-11-7-5-10/h8H,2-7H2,1H3. The molecule has 0 N–H and O–H groups in total. The van der Waals surface area contributed by atoms with E-state index in [1.54, 1.807) is 0 Å². The van der Waals surface area contributed by atoms with Gasteiger partial charge in [0.2, 0.25) is 0 Å². The predicted molar refractivity (Wildman–Crippen MR) is 50.3 cm³/mol. The van der Waals surface area contributed by atoms with E-state index in [2.05, 4.69) is 27.8 Å². The highest BCUT2D eigenvalue weighted by molar-refractivity contribution is 9.09. The molecule has 1 heterocycles. The predicted octanol–water partition coefficient (Wildman–Crippen LogP) is 1.49. The lowest BCUT2D eigenvalue weighted by Gasteiger charge is -2.31. The number of hydrogen-bond donors (Lipinski definition) is 0. The second-order valence-corrected chi connectivity index (χ2v) is 3.77. The molecule has 0 aromatic carbocycles. The third-order valence-corrected chi connectivity index (χ3v) is 2.65. The summed E-state index contributed by atoms with van der Waals surface area (Å²) in [5.41, 5.74) is 0. The molecule has 0 spiro atoms. The molecule has 0 radical (unpaired) electrons. The molecule has 2 nitrogen and oxygen atoms in total. The number of rotatable bonds is 3. The molecule has 1 unspecified atom stereocenters. The normalized spacial score (nSPS) is 23.5. The van der Waals surface area contributed by atoms with Gasteiger partial charge >= 0.3 is 0 Å². The molecule has 1 aliphatic heterocycles. The first-order valence-electron chi connectivity index (χ1n) is 4.22. The fourth-order valence-electron chi connectivity index (χ4n) is 1.36. The summed E-state index contributed by atoms with van der Waals surface area (Å²) < 4.78 is 5.27. The Hall–Kier alpha value is 0.400. The Labute approximate surface area is 77.0 Å². The van der Waals surface area contributed by atoms with Gasteiger partial charge in [-0.25, -0.2) is 0 Å². The molecule has 1 saturated heterocycles. The van der Waals surface area contributed by atoms with Crippen LogP contribution in [0.3, 0.4) is 0 Å². The minimum atomic E-state index is 0.707. The maximum atomic E-state index is 5.27. The minimum absolute atomic E-state index is 0.707. The summed E-state index contributed by atoms with van der Waals surface area (Å²) in [5.74, 6) is 0. The van der Waals surface area contributed by atoms with Crippen molar-refractivity contribution < 1.29 is 4.74 Å². The largest absolute Gasteiger partial charge is 0.379 e. The number of halogens is 1. The lowest BCUT2D eigenvalue weighted by molar-refractivity contribution is 0.0198. The number of morpholine rings is 1. The van der Waals surface area contributed by atoms with E-state index in [1.807, 2.05) is 0 Å². The van der Waals surface area contributed by atoms with Gasteiger partial charge in [0.1, 0.15) is 0 Å². The molecule has 66 valence electrons. The molecule has 1 aliphatic rings. The third-order valence-electron chi connectivity index (χ3n) is 2.20. The van der Waals surface area contributed by atoms with Crippen LogP contribution in [0.1, 0.15) is 13.3 Å². The van der Waals surface area contributed by atoms with E-state index in [1.165, 1.54) is 6.42 Å². The van der Waals surface area contributed by atoms with E-state index < -0.39 is 0 Å². The lowest BCUT2D eigenvalue weighted by atomic mass is 10.2. The first-order valence-corrected chi connectivity index (χ1v) is 5.34. The molecule has 1 fully saturated rings. The van der Waals surface area contributed by atoms with E-state index in [-0.39, 0.29) is 0 Å². The van der Waals surface area contributed by atoms with Gasteiger partial charge in [0.25, 0.3) is 0 Å². The van der Waals surface area contributed by atoms with Gasteiger partial charge in [-0.2, -0.15) is 0 Å². The van der Waals surface area contributed by atoms with Crippen molar-refractivity contribution in [1.29, 1.82) is 0 Å². The van der Waals surface area contributed by atoms with E-state index in [0.717, 1.165) is 31.6 Å². The smallest absolute Gasteiger partial charge is 0.0594 e. The molecular weight excluding hydrogens is 206 g/mol. The topological polar surface area (TPSA) is 12.5 Å². The van der Waals surface area contributed by atoms with Crippen LogP contribution in [0.25, 0.3) is 0 Å². The average Bonchev–Trinajstić information content (AvgIpc) is 2.07. The van der Waals surface area contributed by atoms with Gasteiger partial charge in [-0.1, -0.05) is 15.9 Å². The van der Waals surface area contributed by atoms with Gasteiger partial charge in [0.05, 0.1) is 13.2 Å². The van der Waals surface area contributed by atoms with Crippen molar-refractivity contribution in [1.82, 2.24) is 4.90 Å². The second-order valence-electron chi connectivity index (χ2n) is 2.98. The lowest BCUT2D eigenvalue weighted by Crippen LogP contribution is -2.42. The van der Waals surface area contributed by atoms with Gasteiger partial charge in [-0.05, 0) is 13.3 Å². The summed E-state index contributed by atoms with van der Waals surface area (Å²) in [5, 5.41) is 1.10. The third kappa shape index (κ3) is 3.09. The van der Waals surface area contributed by atoms with E-state index >= 15 is 0 Å². The van der Waals surface area contributed by atoms with Crippen LogP contribution in [0.5, 0.6) is 0 Å². The molecule has 0 aromatic rings. The molecule has 0 amide bonds. The van der Waals surface area contributed by atoms with Crippen molar-refractivity contribution >= 4 is 15.9 Å².